The van der Waals surface area contributed by atoms with Crippen LogP contribution in [0.15, 0.2) is 24.3 Å². The van der Waals surface area contributed by atoms with Crippen LogP contribution in [0.5, 0.6) is 0 Å². The minimum Gasteiger partial charge on any atom is -0.478 e. The van der Waals surface area contributed by atoms with Crippen LogP contribution in [0, 0.1) is 0 Å². The predicted molar refractivity (Wildman–Crippen MR) is 40.3 cm³/mol. The minimum absolute atomic E-state index is 0.334. The van der Waals surface area contributed by atoms with E-state index in [4.69, 9.17) is 4.74 Å². The summed E-state index contributed by atoms with van der Waals surface area (Å²) < 4.78 is 5.07. The van der Waals surface area contributed by atoms with Gasteiger partial charge in [-0.1, -0.05) is 24.3 Å². The van der Waals surface area contributed by atoms with Gasteiger partial charge >= 0.3 is 0 Å². The average Bonchev–Trinajstić information content (AvgIpc) is 2.47. The topological polar surface area (TPSA) is 26.3 Å². The van der Waals surface area contributed by atoms with Gasteiger partial charge < -0.3 is 4.74 Å². The van der Waals surface area contributed by atoms with Gasteiger partial charge in [-0.25, -0.2) is 4.79 Å². The number of rotatable bonds is 0. The molecule has 0 amide bonds. The molecular formula is C9H6O2. The Kier molecular flexibility index (Phi) is 1.27. The third-order valence-corrected chi connectivity index (χ3v) is 1.73. The molecule has 0 N–H and O–H groups in total. The molecule has 54 valence electrons. The Hall–Kier alpha value is -1.53. The van der Waals surface area contributed by atoms with Gasteiger partial charge in [-0.3, -0.25) is 0 Å². The lowest BCUT2D eigenvalue weighted by Crippen LogP contribution is -1.78. The predicted octanol–water partition coefficient (Wildman–Crippen LogP) is 1.39. The summed E-state index contributed by atoms with van der Waals surface area (Å²) in [6.45, 7) is 0.501. The Bertz CT molecular complexity index is 335. The van der Waals surface area contributed by atoms with Crippen LogP contribution < -0.4 is 0 Å². The maximum absolute atomic E-state index is 10.3. The van der Waals surface area contributed by atoms with E-state index in [0.29, 0.717) is 12.4 Å². The first-order valence-corrected chi connectivity index (χ1v) is 3.38. The van der Waals surface area contributed by atoms with Crippen molar-refractivity contribution in [3.05, 3.63) is 35.4 Å². The van der Waals surface area contributed by atoms with Crippen molar-refractivity contribution >= 4 is 11.7 Å². The molecule has 2 nitrogen and oxygen atoms in total. The van der Waals surface area contributed by atoms with Crippen molar-refractivity contribution in [2.45, 2.75) is 6.61 Å². The van der Waals surface area contributed by atoms with Gasteiger partial charge in [-0.15, -0.1) is 0 Å². The number of fused-ring (bicyclic) bond motifs is 1. The molecule has 0 fully saturated rings. The van der Waals surface area contributed by atoms with Crippen molar-refractivity contribution in [3.8, 4) is 0 Å². The van der Waals surface area contributed by atoms with Gasteiger partial charge in [0.1, 0.15) is 6.61 Å². The largest absolute Gasteiger partial charge is 0.478 e. The normalized spacial score (nSPS) is 13.6. The third-order valence-electron chi connectivity index (χ3n) is 1.73. The van der Waals surface area contributed by atoms with E-state index in [1.165, 1.54) is 0 Å². The Morgan fingerprint density at radius 1 is 1.36 bits per heavy atom. The molecule has 0 atom stereocenters. The summed E-state index contributed by atoms with van der Waals surface area (Å²) in [4.78, 5) is 10.3. The molecule has 1 aromatic rings. The van der Waals surface area contributed by atoms with Gasteiger partial charge in [0, 0.05) is 11.1 Å². The van der Waals surface area contributed by atoms with Crippen molar-refractivity contribution in [1.29, 1.82) is 0 Å². The van der Waals surface area contributed by atoms with Gasteiger partial charge in [0.2, 0.25) is 5.76 Å². The highest BCUT2D eigenvalue weighted by molar-refractivity contribution is 5.85. The summed E-state index contributed by atoms with van der Waals surface area (Å²) in [7, 11) is 0. The summed E-state index contributed by atoms with van der Waals surface area (Å²) in [5, 5.41) is 0. The number of benzene rings is 1. The SMILES string of the molecule is O=C=C1OCc2ccccc21. The Balaban J connectivity index is 2.64. The standard InChI is InChI=1S/C9H6O2/c10-5-9-8-4-2-1-3-7(8)6-11-9/h1-4H,6H2. The van der Waals surface area contributed by atoms with Gasteiger partial charge in [-0.05, 0) is 0 Å². The maximum Gasteiger partial charge on any atom is 0.211 e. The molecule has 0 saturated carbocycles. The molecule has 2 rings (SSSR count). The lowest BCUT2D eigenvalue weighted by Gasteiger charge is -1.90. The van der Waals surface area contributed by atoms with Crippen LogP contribution in [-0.2, 0) is 16.1 Å². The molecule has 1 aromatic carbocycles. The molecule has 0 aromatic heterocycles. The van der Waals surface area contributed by atoms with Crippen molar-refractivity contribution in [2.75, 3.05) is 0 Å². The smallest absolute Gasteiger partial charge is 0.211 e. The molecular weight excluding hydrogens is 140 g/mol. The van der Waals surface area contributed by atoms with E-state index in [-0.39, 0.29) is 0 Å². The fourth-order valence-electron chi connectivity index (χ4n) is 1.18. The van der Waals surface area contributed by atoms with Crippen LogP contribution in [-0.4, -0.2) is 5.94 Å². The molecule has 0 spiro atoms. The molecule has 1 aliphatic heterocycles. The molecule has 0 unspecified atom stereocenters. The Morgan fingerprint density at radius 2 is 2.18 bits per heavy atom. The number of ether oxygens (including phenoxy) is 1. The summed E-state index contributed by atoms with van der Waals surface area (Å²) in [6.07, 6.45) is 0. The molecule has 0 saturated heterocycles. The summed E-state index contributed by atoms with van der Waals surface area (Å²) in [5.74, 6) is 2.10. The van der Waals surface area contributed by atoms with Crippen molar-refractivity contribution in [3.63, 3.8) is 0 Å². The molecule has 11 heavy (non-hydrogen) atoms. The highest BCUT2D eigenvalue weighted by atomic mass is 16.5. The van der Waals surface area contributed by atoms with Crippen LogP contribution in [0.3, 0.4) is 0 Å². The quantitative estimate of drug-likeness (QED) is 0.517. The van der Waals surface area contributed by atoms with Gasteiger partial charge in [0.05, 0.1) is 0 Å². The Morgan fingerprint density at radius 3 is 3.00 bits per heavy atom. The first kappa shape index (κ1) is 6.20. The second kappa shape index (κ2) is 2.26. The van der Waals surface area contributed by atoms with Crippen LogP contribution in [0.4, 0.5) is 0 Å². The summed E-state index contributed by atoms with van der Waals surface area (Å²) in [5.41, 5.74) is 1.94. The zero-order chi connectivity index (χ0) is 7.68. The van der Waals surface area contributed by atoms with Crippen molar-refractivity contribution in [1.82, 2.24) is 0 Å². The van der Waals surface area contributed by atoms with E-state index in [1.54, 1.807) is 5.94 Å². The fourth-order valence-corrected chi connectivity index (χ4v) is 1.18. The lowest BCUT2D eigenvalue weighted by molar-refractivity contribution is 0.287. The van der Waals surface area contributed by atoms with E-state index >= 15 is 0 Å². The van der Waals surface area contributed by atoms with Crippen LogP contribution in [0.1, 0.15) is 11.1 Å². The van der Waals surface area contributed by atoms with Crippen molar-refractivity contribution in [2.24, 2.45) is 0 Å². The molecule has 0 radical (unpaired) electrons. The van der Waals surface area contributed by atoms with E-state index < -0.39 is 0 Å². The van der Waals surface area contributed by atoms with Gasteiger partial charge in [-0.2, -0.15) is 0 Å². The average molecular weight is 146 g/mol. The second-order valence-corrected chi connectivity index (χ2v) is 2.38. The first-order chi connectivity index (χ1) is 5.42. The fraction of sp³-hybridized carbons (Fsp3) is 0.111. The number of carbonyl (C=O) groups excluding carboxylic acids is 1. The zero-order valence-corrected chi connectivity index (χ0v) is 5.83. The summed E-state index contributed by atoms with van der Waals surface area (Å²) in [6, 6.07) is 7.61. The van der Waals surface area contributed by atoms with E-state index in [1.807, 2.05) is 24.3 Å². The molecule has 0 bridgehead atoms. The van der Waals surface area contributed by atoms with Crippen LogP contribution in [0.25, 0.3) is 5.76 Å². The second-order valence-electron chi connectivity index (χ2n) is 2.38. The van der Waals surface area contributed by atoms with Crippen LogP contribution in [0.2, 0.25) is 0 Å². The Labute approximate surface area is 64.1 Å². The highest BCUT2D eigenvalue weighted by Gasteiger charge is 2.16. The van der Waals surface area contributed by atoms with E-state index in [2.05, 4.69) is 0 Å². The third kappa shape index (κ3) is 0.846. The van der Waals surface area contributed by atoms with Crippen LogP contribution >= 0.6 is 0 Å². The van der Waals surface area contributed by atoms with Crippen molar-refractivity contribution < 1.29 is 9.53 Å². The van der Waals surface area contributed by atoms with E-state index in [9.17, 15) is 4.79 Å². The maximum atomic E-state index is 10.3. The molecule has 1 heterocycles. The lowest BCUT2D eigenvalue weighted by atomic mass is 10.1. The number of hydrogen-bond acceptors (Lipinski definition) is 2. The number of hydrogen-bond donors (Lipinski definition) is 0. The highest BCUT2D eigenvalue weighted by Crippen LogP contribution is 2.26. The molecule has 1 aliphatic rings. The monoisotopic (exact) mass is 146 g/mol. The first-order valence-electron chi connectivity index (χ1n) is 3.38. The van der Waals surface area contributed by atoms with Gasteiger partial charge in [0.25, 0.3) is 0 Å². The molecule has 0 aliphatic carbocycles. The molecule has 2 heteroatoms. The zero-order valence-electron chi connectivity index (χ0n) is 5.83. The minimum atomic E-state index is 0.334. The van der Waals surface area contributed by atoms with Gasteiger partial charge in [0.15, 0.2) is 5.94 Å². The van der Waals surface area contributed by atoms with E-state index in [0.717, 1.165) is 11.1 Å². The summed E-state index contributed by atoms with van der Waals surface area (Å²) >= 11 is 0.